The van der Waals surface area contributed by atoms with Crippen LogP contribution in [0.3, 0.4) is 0 Å². The van der Waals surface area contributed by atoms with Crippen LogP contribution in [0.2, 0.25) is 0 Å². The van der Waals surface area contributed by atoms with E-state index in [1.807, 2.05) is 6.92 Å². The molecule has 0 spiro atoms. The molecule has 0 saturated heterocycles. The second kappa shape index (κ2) is 8.14. The highest BCUT2D eigenvalue weighted by Crippen LogP contribution is 2.29. The maximum atomic E-state index is 12.5. The van der Waals surface area contributed by atoms with Crippen molar-refractivity contribution in [3.8, 4) is 0 Å². The zero-order chi connectivity index (χ0) is 17.6. The molecule has 0 atom stereocenters. The van der Waals surface area contributed by atoms with Crippen LogP contribution in [0.5, 0.6) is 0 Å². The second-order valence-electron chi connectivity index (χ2n) is 5.16. The van der Waals surface area contributed by atoms with Crippen LogP contribution in [0.25, 0.3) is 0 Å². The Morgan fingerprint density at radius 1 is 1.21 bits per heavy atom. The van der Waals surface area contributed by atoms with Crippen LogP contribution in [0.1, 0.15) is 21.7 Å². The zero-order valence-corrected chi connectivity index (χ0v) is 14.3. The van der Waals surface area contributed by atoms with Crippen LogP contribution >= 0.6 is 11.3 Å². The highest BCUT2D eigenvalue weighted by molar-refractivity contribution is 7.09. The van der Waals surface area contributed by atoms with Gasteiger partial charge in [-0.05, 0) is 31.0 Å². The SMILES string of the molecule is CN=C(NCCc1ccc(C(F)(F)F)cc1)NCc1scnc1C. The van der Waals surface area contributed by atoms with E-state index in [-0.39, 0.29) is 0 Å². The molecule has 8 heteroatoms. The normalized spacial score (nSPS) is 12.3. The molecule has 24 heavy (non-hydrogen) atoms. The Morgan fingerprint density at radius 3 is 2.46 bits per heavy atom. The number of aryl methyl sites for hydroxylation is 1. The summed E-state index contributed by atoms with van der Waals surface area (Å²) in [6.45, 7) is 3.16. The zero-order valence-electron chi connectivity index (χ0n) is 13.4. The first kappa shape index (κ1) is 18.3. The number of hydrogen-bond acceptors (Lipinski definition) is 3. The minimum Gasteiger partial charge on any atom is -0.356 e. The van der Waals surface area contributed by atoms with E-state index in [1.54, 1.807) is 23.9 Å². The van der Waals surface area contributed by atoms with E-state index >= 15 is 0 Å². The number of nitrogens with zero attached hydrogens (tertiary/aromatic N) is 2. The Labute approximate surface area is 142 Å². The van der Waals surface area contributed by atoms with E-state index in [1.165, 1.54) is 12.1 Å². The number of guanidine groups is 1. The fourth-order valence-electron chi connectivity index (χ4n) is 2.07. The van der Waals surface area contributed by atoms with Crippen molar-refractivity contribution in [2.45, 2.75) is 26.1 Å². The summed E-state index contributed by atoms with van der Waals surface area (Å²) in [5.41, 5.74) is 3.00. The summed E-state index contributed by atoms with van der Waals surface area (Å²) >= 11 is 1.58. The number of aromatic nitrogens is 1. The van der Waals surface area contributed by atoms with E-state index in [0.717, 1.165) is 28.3 Å². The molecule has 0 aliphatic carbocycles. The van der Waals surface area contributed by atoms with Gasteiger partial charge in [-0.2, -0.15) is 13.2 Å². The summed E-state index contributed by atoms with van der Waals surface area (Å²) in [7, 11) is 1.67. The van der Waals surface area contributed by atoms with Crippen molar-refractivity contribution in [3.63, 3.8) is 0 Å². The summed E-state index contributed by atoms with van der Waals surface area (Å²) < 4.78 is 37.5. The Hall–Kier alpha value is -2.09. The third-order valence-electron chi connectivity index (χ3n) is 3.47. The molecular weight excluding hydrogens is 337 g/mol. The number of alkyl halides is 3. The van der Waals surface area contributed by atoms with Gasteiger partial charge in [0.05, 0.1) is 23.3 Å². The van der Waals surface area contributed by atoms with Crippen LogP contribution < -0.4 is 10.6 Å². The third-order valence-corrected chi connectivity index (χ3v) is 4.41. The fourth-order valence-corrected chi connectivity index (χ4v) is 2.78. The molecule has 130 valence electrons. The lowest BCUT2D eigenvalue weighted by atomic mass is 10.1. The van der Waals surface area contributed by atoms with Crippen LogP contribution in [-0.2, 0) is 19.1 Å². The number of nitrogens with one attached hydrogen (secondary N) is 2. The van der Waals surface area contributed by atoms with Gasteiger partial charge in [0.25, 0.3) is 0 Å². The Bertz CT molecular complexity index is 677. The molecule has 1 heterocycles. The summed E-state index contributed by atoms with van der Waals surface area (Å²) in [4.78, 5) is 9.45. The topological polar surface area (TPSA) is 49.3 Å². The van der Waals surface area contributed by atoms with E-state index in [4.69, 9.17) is 0 Å². The maximum absolute atomic E-state index is 12.5. The molecule has 0 bridgehead atoms. The molecule has 4 nitrogen and oxygen atoms in total. The molecule has 0 radical (unpaired) electrons. The first-order valence-corrected chi connectivity index (χ1v) is 8.27. The molecule has 2 aromatic rings. The largest absolute Gasteiger partial charge is 0.416 e. The van der Waals surface area contributed by atoms with Gasteiger partial charge in [0.15, 0.2) is 5.96 Å². The molecule has 0 aliphatic rings. The summed E-state index contributed by atoms with van der Waals surface area (Å²) in [6, 6.07) is 5.21. The lowest BCUT2D eigenvalue weighted by Crippen LogP contribution is -2.37. The lowest BCUT2D eigenvalue weighted by Gasteiger charge is -2.12. The molecule has 0 unspecified atom stereocenters. The minimum absolute atomic E-state index is 0.576. The number of aliphatic imine (C=N–C) groups is 1. The van der Waals surface area contributed by atoms with Crippen molar-refractivity contribution in [3.05, 3.63) is 51.5 Å². The molecule has 2 rings (SSSR count). The molecular formula is C16H19F3N4S. The standard InChI is InChI=1S/C16H19F3N4S/c1-11-14(24-10-23-11)9-22-15(20-2)21-8-7-12-3-5-13(6-4-12)16(17,18)19/h3-6,10H,7-9H2,1-2H3,(H2,20,21,22). The lowest BCUT2D eigenvalue weighted by molar-refractivity contribution is -0.137. The third kappa shape index (κ3) is 5.23. The Kier molecular flexibility index (Phi) is 6.19. The van der Waals surface area contributed by atoms with Gasteiger partial charge in [-0.15, -0.1) is 11.3 Å². The van der Waals surface area contributed by atoms with Crippen molar-refractivity contribution in [1.82, 2.24) is 15.6 Å². The van der Waals surface area contributed by atoms with Gasteiger partial charge < -0.3 is 10.6 Å². The molecule has 0 aliphatic heterocycles. The number of benzene rings is 1. The highest BCUT2D eigenvalue weighted by Gasteiger charge is 2.29. The van der Waals surface area contributed by atoms with Crippen LogP contribution in [0.4, 0.5) is 13.2 Å². The average Bonchev–Trinajstić information content (AvgIpc) is 2.95. The number of hydrogen-bond donors (Lipinski definition) is 2. The first-order valence-electron chi connectivity index (χ1n) is 7.39. The first-order chi connectivity index (χ1) is 11.4. The van der Waals surface area contributed by atoms with Crippen LogP contribution in [0.15, 0.2) is 34.8 Å². The molecule has 0 amide bonds. The van der Waals surface area contributed by atoms with E-state index in [9.17, 15) is 13.2 Å². The van der Waals surface area contributed by atoms with Gasteiger partial charge in [0, 0.05) is 18.5 Å². The number of rotatable bonds is 5. The quantitative estimate of drug-likeness (QED) is 0.638. The fraction of sp³-hybridized carbons (Fsp3) is 0.375. The molecule has 1 aromatic carbocycles. The summed E-state index contributed by atoms with van der Waals surface area (Å²) in [5, 5.41) is 6.33. The highest BCUT2D eigenvalue weighted by atomic mass is 32.1. The van der Waals surface area contributed by atoms with Gasteiger partial charge in [-0.1, -0.05) is 12.1 Å². The van der Waals surface area contributed by atoms with Gasteiger partial charge in [0.1, 0.15) is 0 Å². The van der Waals surface area contributed by atoms with E-state index < -0.39 is 11.7 Å². The Morgan fingerprint density at radius 2 is 1.92 bits per heavy atom. The van der Waals surface area contributed by atoms with Gasteiger partial charge in [0.2, 0.25) is 0 Å². The molecule has 2 N–H and O–H groups in total. The van der Waals surface area contributed by atoms with Gasteiger partial charge >= 0.3 is 6.18 Å². The molecule has 0 fully saturated rings. The number of halogens is 3. The van der Waals surface area contributed by atoms with Crippen molar-refractivity contribution in [2.24, 2.45) is 4.99 Å². The van der Waals surface area contributed by atoms with E-state index in [0.29, 0.717) is 25.5 Å². The summed E-state index contributed by atoms with van der Waals surface area (Å²) in [5.74, 6) is 0.648. The van der Waals surface area contributed by atoms with Gasteiger partial charge in [-0.3, -0.25) is 4.99 Å². The van der Waals surface area contributed by atoms with Crippen molar-refractivity contribution in [2.75, 3.05) is 13.6 Å². The van der Waals surface area contributed by atoms with Gasteiger partial charge in [-0.25, -0.2) is 4.98 Å². The Balaban J connectivity index is 1.78. The molecule has 0 saturated carbocycles. The van der Waals surface area contributed by atoms with E-state index in [2.05, 4.69) is 20.6 Å². The average molecular weight is 356 g/mol. The molecule has 1 aromatic heterocycles. The minimum atomic E-state index is -4.29. The smallest absolute Gasteiger partial charge is 0.356 e. The van der Waals surface area contributed by atoms with Crippen LogP contribution in [0, 0.1) is 6.92 Å². The second-order valence-corrected chi connectivity index (χ2v) is 6.10. The predicted molar refractivity (Wildman–Crippen MR) is 90.2 cm³/mol. The maximum Gasteiger partial charge on any atom is 0.416 e. The van der Waals surface area contributed by atoms with Crippen molar-refractivity contribution in [1.29, 1.82) is 0 Å². The number of thiazole rings is 1. The summed E-state index contributed by atoms with van der Waals surface area (Å²) in [6.07, 6.45) is -3.68. The monoisotopic (exact) mass is 356 g/mol. The van der Waals surface area contributed by atoms with Crippen LogP contribution in [-0.4, -0.2) is 24.5 Å². The predicted octanol–water partition coefficient (Wildman–Crippen LogP) is 3.38. The van der Waals surface area contributed by atoms with Crippen molar-refractivity contribution < 1.29 is 13.2 Å². The van der Waals surface area contributed by atoms with Crippen molar-refractivity contribution >= 4 is 17.3 Å².